The molecule has 0 aliphatic carbocycles. The van der Waals surface area contributed by atoms with Crippen molar-refractivity contribution in [3.05, 3.63) is 65.2 Å². The maximum Gasteiger partial charge on any atom is 0.256 e. The zero-order valence-corrected chi connectivity index (χ0v) is 20.3. The molecule has 0 aromatic heterocycles. The van der Waals surface area contributed by atoms with Gasteiger partial charge >= 0.3 is 0 Å². The van der Waals surface area contributed by atoms with Crippen molar-refractivity contribution in [3.63, 3.8) is 0 Å². The van der Waals surface area contributed by atoms with E-state index in [1.807, 2.05) is 53.4 Å². The lowest BCUT2D eigenvalue weighted by Crippen LogP contribution is -2.38. The molecule has 0 radical (unpaired) electrons. The van der Waals surface area contributed by atoms with Crippen LogP contribution in [0.3, 0.4) is 0 Å². The highest BCUT2D eigenvalue weighted by atomic mass is 16.5. The van der Waals surface area contributed by atoms with Gasteiger partial charge in [0.25, 0.3) is 11.8 Å². The third kappa shape index (κ3) is 5.96. The fraction of sp³-hybridized carbons (Fsp3) is 0.481. The van der Waals surface area contributed by atoms with Gasteiger partial charge in [0.05, 0.1) is 13.2 Å². The number of hydrogen-bond donors (Lipinski definition) is 2. The second kappa shape index (κ2) is 11.5. The van der Waals surface area contributed by atoms with E-state index >= 15 is 0 Å². The van der Waals surface area contributed by atoms with Gasteiger partial charge in [-0.3, -0.25) is 14.5 Å². The number of rotatable bonds is 10. The molecule has 2 heterocycles. The summed E-state index contributed by atoms with van der Waals surface area (Å²) in [4.78, 5) is 29.8. The molecule has 1 atom stereocenters. The lowest BCUT2D eigenvalue weighted by atomic mass is 10.1. The first-order chi connectivity index (χ1) is 16.5. The second-order valence-corrected chi connectivity index (χ2v) is 9.46. The van der Waals surface area contributed by atoms with Gasteiger partial charge in [-0.1, -0.05) is 32.0 Å². The van der Waals surface area contributed by atoms with E-state index in [0.29, 0.717) is 24.6 Å². The van der Waals surface area contributed by atoms with Crippen LogP contribution in [0.1, 0.15) is 59.1 Å². The molecule has 2 aromatic carbocycles. The van der Waals surface area contributed by atoms with Gasteiger partial charge in [-0.05, 0) is 55.6 Å². The van der Waals surface area contributed by atoms with E-state index in [4.69, 9.17) is 4.74 Å². The van der Waals surface area contributed by atoms with Crippen LogP contribution in [-0.2, 0) is 4.74 Å². The summed E-state index contributed by atoms with van der Waals surface area (Å²) in [6.45, 7) is 10.2. The summed E-state index contributed by atoms with van der Waals surface area (Å²) in [5, 5.41) is 6.53. The number of carbonyl (C=O) groups is 2. The minimum Gasteiger partial charge on any atom is -0.379 e. The molecule has 0 saturated carbocycles. The van der Waals surface area contributed by atoms with Crippen LogP contribution in [0.15, 0.2) is 48.5 Å². The van der Waals surface area contributed by atoms with E-state index < -0.39 is 0 Å². The Morgan fingerprint density at radius 3 is 2.53 bits per heavy atom. The summed E-state index contributed by atoms with van der Waals surface area (Å²) in [7, 11) is 0. The smallest absolute Gasteiger partial charge is 0.256 e. The minimum absolute atomic E-state index is 0.0616. The molecule has 2 aromatic rings. The van der Waals surface area contributed by atoms with Crippen molar-refractivity contribution in [2.75, 3.05) is 51.3 Å². The number of benzene rings is 2. The Hall–Kier alpha value is -2.90. The van der Waals surface area contributed by atoms with E-state index in [1.54, 1.807) is 0 Å². The summed E-state index contributed by atoms with van der Waals surface area (Å²) < 4.78 is 5.37. The molecule has 2 amide bonds. The first kappa shape index (κ1) is 24.2. The molecule has 1 fully saturated rings. The Bertz CT molecular complexity index is 970. The van der Waals surface area contributed by atoms with Crippen molar-refractivity contribution >= 4 is 17.5 Å². The normalized spacial score (nSPS) is 18.3. The van der Waals surface area contributed by atoms with Crippen molar-refractivity contribution in [1.29, 1.82) is 0 Å². The van der Waals surface area contributed by atoms with Crippen molar-refractivity contribution in [2.45, 2.75) is 32.9 Å². The quantitative estimate of drug-likeness (QED) is 0.524. The number of ether oxygens (including phenoxy) is 1. The van der Waals surface area contributed by atoms with Crippen molar-refractivity contribution in [1.82, 2.24) is 15.1 Å². The zero-order valence-electron chi connectivity index (χ0n) is 20.3. The summed E-state index contributed by atoms with van der Waals surface area (Å²) >= 11 is 0. The van der Waals surface area contributed by atoms with Crippen molar-refractivity contribution in [2.24, 2.45) is 5.92 Å². The number of anilines is 1. The molecular weight excluding hydrogens is 428 g/mol. The van der Waals surface area contributed by atoms with Crippen LogP contribution >= 0.6 is 0 Å². The van der Waals surface area contributed by atoms with E-state index in [9.17, 15) is 9.59 Å². The topological polar surface area (TPSA) is 73.9 Å². The highest BCUT2D eigenvalue weighted by molar-refractivity contribution is 5.99. The van der Waals surface area contributed by atoms with Gasteiger partial charge in [-0.25, -0.2) is 0 Å². The lowest BCUT2D eigenvalue weighted by molar-refractivity contribution is 0.0374. The summed E-state index contributed by atoms with van der Waals surface area (Å²) in [6.07, 6.45) is 1.66. The van der Waals surface area contributed by atoms with Crippen LogP contribution in [0.25, 0.3) is 0 Å². The van der Waals surface area contributed by atoms with Gasteiger partial charge in [0.15, 0.2) is 0 Å². The first-order valence-corrected chi connectivity index (χ1v) is 12.4. The predicted octanol–water partition coefficient (Wildman–Crippen LogP) is 3.75. The molecule has 2 aliphatic heterocycles. The molecule has 7 nitrogen and oxygen atoms in total. The molecule has 0 bridgehead atoms. The Kier molecular flexibility index (Phi) is 8.19. The van der Waals surface area contributed by atoms with Crippen LogP contribution < -0.4 is 10.6 Å². The van der Waals surface area contributed by atoms with E-state index in [-0.39, 0.29) is 18.0 Å². The number of fused-ring (bicyclic) bond motifs is 1. The molecule has 34 heavy (non-hydrogen) atoms. The molecule has 1 saturated heterocycles. The Balaban J connectivity index is 1.33. The minimum atomic E-state index is -0.206. The van der Waals surface area contributed by atoms with Gasteiger partial charge in [0.1, 0.15) is 6.17 Å². The number of nitrogens with one attached hydrogen (secondary N) is 2. The van der Waals surface area contributed by atoms with Crippen LogP contribution in [-0.4, -0.2) is 67.6 Å². The molecule has 2 aliphatic rings. The standard InChI is InChI=1S/C27H36N4O3/c1-20(2)12-15-31-25(23-6-3-4-7-24(23)27(31)33)29-22-10-8-21(9-11-22)26(32)28-13-5-14-30-16-18-34-19-17-30/h3-4,6-11,20,25,29H,5,12-19H2,1-2H3,(H,28,32). The van der Waals surface area contributed by atoms with Gasteiger partial charge in [-0.15, -0.1) is 0 Å². The highest BCUT2D eigenvalue weighted by Crippen LogP contribution is 2.34. The molecule has 7 heteroatoms. The van der Waals surface area contributed by atoms with Gasteiger partial charge < -0.3 is 20.3 Å². The van der Waals surface area contributed by atoms with Crippen LogP contribution in [0, 0.1) is 5.92 Å². The van der Waals surface area contributed by atoms with Crippen LogP contribution in [0.4, 0.5) is 5.69 Å². The second-order valence-electron chi connectivity index (χ2n) is 9.46. The predicted molar refractivity (Wildman–Crippen MR) is 134 cm³/mol. The van der Waals surface area contributed by atoms with E-state index in [0.717, 1.165) is 62.5 Å². The number of hydrogen-bond acceptors (Lipinski definition) is 5. The zero-order chi connectivity index (χ0) is 23.9. The van der Waals surface area contributed by atoms with E-state index in [2.05, 4.69) is 29.4 Å². The van der Waals surface area contributed by atoms with Crippen molar-refractivity contribution < 1.29 is 14.3 Å². The lowest BCUT2D eigenvalue weighted by Gasteiger charge is -2.28. The third-order valence-electron chi connectivity index (χ3n) is 6.50. The van der Waals surface area contributed by atoms with Gasteiger partial charge in [0, 0.05) is 48.6 Å². The molecular formula is C27H36N4O3. The fourth-order valence-electron chi connectivity index (χ4n) is 4.46. The summed E-state index contributed by atoms with van der Waals surface area (Å²) in [5.41, 5.74) is 3.28. The SMILES string of the molecule is CC(C)CCN1C(=O)c2ccccc2C1Nc1ccc(C(=O)NCCCN2CCOCC2)cc1. The first-order valence-electron chi connectivity index (χ1n) is 12.4. The number of amides is 2. The van der Waals surface area contributed by atoms with Crippen molar-refractivity contribution in [3.8, 4) is 0 Å². The monoisotopic (exact) mass is 464 g/mol. The Morgan fingerprint density at radius 2 is 1.79 bits per heavy atom. The summed E-state index contributed by atoms with van der Waals surface area (Å²) in [5.74, 6) is 0.527. The molecule has 1 unspecified atom stereocenters. The largest absolute Gasteiger partial charge is 0.379 e. The average molecular weight is 465 g/mol. The molecule has 0 spiro atoms. The average Bonchev–Trinajstić information content (AvgIpc) is 3.12. The fourth-order valence-corrected chi connectivity index (χ4v) is 4.46. The molecule has 182 valence electrons. The molecule has 2 N–H and O–H groups in total. The highest BCUT2D eigenvalue weighted by Gasteiger charge is 2.36. The maximum absolute atomic E-state index is 13.0. The van der Waals surface area contributed by atoms with Gasteiger partial charge in [0.2, 0.25) is 0 Å². The maximum atomic E-state index is 13.0. The van der Waals surface area contributed by atoms with Crippen LogP contribution in [0.5, 0.6) is 0 Å². The van der Waals surface area contributed by atoms with Crippen LogP contribution in [0.2, 0.25) is 0 Å². The number of nitrogens with zero attached hydrogens (tertiary/aromatic N) is 2. The third-order valence-corrected chi connectivity index (χ3v) is 6.50. The molecule has 4 rings (SSSR count). The summed E-state index contributed by atoms with van der Waals surface area (Å²) in [6, 6.07) is 15.3. The Morgan fingerprint density at radius 1 is 1.06 bits per heavy atom. The van der Waals surface area contributed by atoms with Gasteiger partial charge in [-0.2, -0.15) is 0 Å². The Labute approximate surface area is 202 Å². The number of morpholine rings is 1. The number of carbonyl (C=O) groups excluding carboxylic acids is 2. The van der Waals surface area contributed by atoms with E-state index in [1.165, 1.54) is 0 Å².